The number of ether oxygens (including phenoxy) is 1. The number of nitrogens with one attached hydrogen (secondary N) is 1. The lowest BCUT2D eigenvalue weighted by molar-refractivity contribution is -0.137. The van der Waals surface area contributed by atoms with E-state index in [-0.39, 0.29) is 28.9 Å². The summed E-state index contributed by atoms with van der Waals surface area (Å²) in [6.45, 7) is 10.3. The molecule has 2 N–H and O–H groups in total. The second-order valence-corrected chi connectivity index (χ2v) is 14.6. The molecule has 1 atom stereocenters. The highest BCUT2D eigenvalue weighted by Gasteiger charge is 2.32. The number of benzene rings is 2. The molecule has 0 aliphatic carbocycles. The van der Waals surface area contributed by atoms with Crippen molar-refractivity contribution in [2.24, 2.45) is 0 Å². The van der Waals surface area contributed by atoms with Crippen LogP contribution in [0.2, 0.25) is 5.02 Å². The van der Waals surface area contributed by atoms with E-state index in [4.69, 9.17) is 21.3 Å². The van der Waals surface area contributed by atoms with E-state index in [1.807, 2.05) is 36.9 Å². The summed E-state index contributed by atoms with van der Waals surface area (Å²) in [6.07, 6.45) is -6.04. The third kappa shape index (κ3) is 7.23. The van der Waals surface area contributed by atoms with Crippen LogP contribution in [-0.2, 0) is 23.9 Å². The Morgan fingerprint density at radius 2 is 1.82 bits per heavy atom. The second-order valence-electron chi connectivity index (χ2n) is 12.9. The highest BCUT2D eigenvalue weighted by Crippen LogP contribution is 2.34. The van der Waals surface area contributed by atoms with Crippen LogP contribution in [-0.4, -0.2) is 78.3 Å². The summed E-state index contributed by atoms with van der Waals surface area (Å²) >= 11 is 7.73. The quantitative estimate of drug-likeness (QED) is 0.188. The van der Waals surface area contributed by atoms with Crippen LogP contribution in [0.25, 0.3) is 27.4 Å². The van der Waals surface area contributed by atoms with Gasteiger partial charge in [-0.05, 0) is 70.5 Å². The number of aliphatic hydroxyl groups is 1. The standard InChI is InChI=1S/C33H36ClF3N8O4S/c1-6-24-27(42-11-13-43(14-12-42)31(48)49-32(3,4)5)29(47)45-30(40-28(41-45)19-7-10-25-23(15-19)38-18(2)50-25)44(24)17-26(46)39-22-9-8-20(16-21(22)34)33(35,36)37/h7-10,15-16,26,39,46H,6,11-14,17H2,1-5H3. The fourth-order valence-electron chi connectivity index (χ4n) is 5.90. The molecule has 1 unspecified atom stereocenters. The Balaban J connectivity index is 1.40. The third-order valence-corrected chi connectivity index (χ3v) is 9.40. The number of hydrogen-bond donors (Lipinski definition) is 2. The van der Waals surface area contributed by atoms with Crippen molar-refractivity contribution in [2.75, 3.05) is 36.4 Å². The predicted octanol–water partition coefficient (Wildman–Crippen LogP) is 6.20. The van der Waals surface area contributed by atoms with Crippen LogP contribution in [0.5, 0.6) is 0 Å². The number of nitrogens with zero attached hydrogens (tertiary/aromatic N) is 7. The minimum atomic E-state index is -4.58. The summed E-state index contributed by atoms with van der Waals surface area (Å²) < 4.78 is 49.1. The molecule has 0 bridgehead atoms. The van der Waals surface area contributed by atoms with Gasteiger partial charge >= 0.3 is 12.3 Å². The molecule has 17 heteroatoms. The number of amides is 1. The summed E-state index contributed by atoms with van der Waals surface area (Å²) in [5.74, 6) is 0.428. The Labute approximate surface area is 294 Å². The van der Waals surface area contributed by atoms with E-state index in [9.17, 15) is 27.9 Å². The average Bonchev–Trinajstić information content (AvgIpc) is 3.65. The number of rotatable bonds is 7. The molecule has 1 aliphatic heterocycles. The van der Waals surface area contributed by atoms with Gasteiger partial charge in [0.1, 0.15) is 17.5 Å². The number of anilines is 2. The van der Waals surface area contributed by atoms with Crippen molar-refractivity contribution in [3.63, 3.8) is 0 Å². The van der Waals surface area contributed by atoms with Crippen LogP contribution < -0.4 is 15.8 Å². The Kier molecular flexibility index (Phi) is 9.47. The molecule has 0 spiro atoms. The zero-order chi connectivity index (χ0) is 36.1. The molecule has 3 aromatic heterocycles. The van der Waals surface area contributed by atoms with Gasteiger partial charge < -0.3 is 29.5 Å². The SMILES string of the molecule is CCc1c(N2CCN(C(=O)OC(C)(C)C)CC2)c(=O)n2nc(-c3ccc4sc(C)nc4c3)nc2n1CC(O)Nc1ccc(C(F)(F)F)cc1Cl. The van der Waals surface area contributed by atoms with Crippen molar-refractivity contribution in [1.82, 2.24) is 29.0 Å². The molecule has 2 aromatic carbocycles. The number of carbonyl (C=O) groups is 1. The lowest BCUT2D eigenvalue weighted by Gasteiger charge is -2.37. The van der Waals surface area contributed by atoms with Gasteiger partial charge in [0.25, 0.3) is 5.56 Å². The molecule has 0 radical (unpaired) electrons. The number of aryl methyl sites for hydroxylation is 1. The summed E-state index contributed by atoms with van der Waals surface area (Å²) in [5, 5.41) is 19.3. The van der Waals surface area contributed by atoms with Gasteiger partial charge in [-0.3, -0.25) is 4.79 Å². The molecule has 5 aromatic rings. The zero-order valence-corrected chi connectivity index (χ0v) is 29.6. The van der Waals surface area contributed by atoms with Gasteiger partial charge in [-0.25, -0.2) is 9.78 Å². The Bertz CT molecular complexity index is 2130. The van der Waals surface area contributed by atoms with E-state index in [1.165, 1.54) is 4.52 Å². The maximum atomic E-state index is 14.3. The molecule has 1 amide bonds. The van der Waals surface area contributed by atoms with Crippen molar-refractivity contribution in [3.8, 4) is 11.4 Å². The minimum absolute atomic E-state index is 0.0924. The van der Waals surface area contributed by atoms with Gasteiger partial charge in [-0.15, -0.1) is 16.4 Å². The fraction of sp³-hybridized carbons (Fsp3) is 0.424. The first-order valence-electron chi connectivity index (χ1n) is 16.0. The number of aromatic nitrogens is 5. The summed E-state index contributed by atoms with van der Waals surface area (Å²) in [7, 11) is 0. The van der Waals surface area contributed by atoms with Crippen LogP contribution in [0.1, 0.15) is 44.0 Å². The van der Waals surface area contributed by atoms with Crippen molar-refractivity contribution in [3.05, 3.63) is 68.0 Å². The molecular formula is C33H36ClF3N8O4S. The van der Waals surface area contributed by atoms with E-state index in [0.29, 0.717) is 49.5 Å². The van der Waals surface area contributed by atoms with E-state index in [0.717, 1.165) is 33.4 Å². The third-order valence-electron chi connectivity index (χ3n) is 8.13. The van der Waals surface area contributed by atoms with Crippen molar-refractivity contribution >= 4 is 56.4 Å². The molecule has 1 fully saturated rings. The van der Waals surface area contributed by atoms with Crippen LogP contribution >= 0.6 is 22.9 Å². The number of piperazine rings is 1. The Morgan fingerprint density at radius 1 is 1.10 bits per heavy atom. The number of alkyl halides is 3. The van der Waals surface area contributed by atoms with Crippen molar-refractivity contribution < 1.29 is 27.8 Å². The lowest BCUT2D eigenvalue weighted by atomic mass is 10.2. The lowest BCUT2D eigenvalue weighted by Crippen LogP contribution is -2.51. The van der Waals surface area contributed by atoms with Crippen LogP contribution in [0, 0.1) is 6.92 Å². The highest BCUT2D eigenvalue weighted by molar-refractivity contribution is 7.18. The number of carbonyl (C=O) groups excluding carboxylic acids is 1. The smallest absolute Gasteiger partial charge is 0.416 e. The number of hydrogen-bond acceptors (Lipinski definition) is 10. The van der Waals surface area contributed by atoms with Gasteiger partial charge in [-0.1, -0.05) is 18.5 Å². The first-order chi connectivity index (χ1) is 23.5. The van der Waals surface area contributed by atoms with Gasteiger partial charge in [0.05, 0.1) is 38.0 Å². The first kappa shape index (κ1) is 35.4. The van der Waals surface area contributed by atoms with Gasteiger partial charge in [0.15, 0.2) is 5.82 Å². The maximum Gasteiger partial charge on any atom is 0.416 e. The topological polar surface area (TPSA) is 130 Å². The number of fused-ring (bicyclic) bond motifs is 2. The highest BCUT2D eigenvalue weighted by atomic mass is 35.5. The minimum Gasteiger partial charge on any atom is -0.444 e. The van der Waals surface area contributed by atoms with E-state index in [1.54, 1.807) is 41.6 Å². The fourth-order valence-corrected chi connectivity index (χ4v) is 6.95. The first-order valence-corrected chi connectivity index (χ1v) is 17.2. The molecule has 6 rings (SSSR count). The van der Waals surface area contributed by atoms with E-state index in [2.05, 4.69) is 15.4 Å². The monoisotopic (exact) mass is 732 g/mol. The summed E-state index contributed by atoms with van der Waals surface area (Å²) in [5.41, 5.74) is 0.392. The molecule has 266 valence electrons. The molecule has 4 heterocycles. The Hall–Kier alpha value is -4.41. The predicted molar refractivity (Wildman–Crippen MR) is 186 cm³/mol. The van der Waals surface area contributed by atoms with Crippen LogP contribution in [0.4, 0.5) is 29.3 Å². The van der Waals surface area contributed by atoms with E-state index >= 15 is 0 Å². The summed E-state index contributed by atoms with van der Waals surface area (Å²) in [4.78, 5) is 39.8. The second kappa shape index (κ2) is 13.4. The summed E-state index contributed by atoms with van der Waals surface area (Å²) in [6, 6.07) is 8.43. The Morgan fingerprint density at radius 3 is 2.46 bits per heavy atom. The number of aliphatic hydroxyl groups excluding tert-OH is 1. The molecular weight excluding hydrogens is 697 g/mol. The van der Waals surface area contributed by atoms with Crippen LogP contribution in [0.3, 0.4) is 0 Å². The molecule has 50 heavy (non-hydrogen) atoms. The van der Waals surface area contributed by atoms with Gasteiger partial charge in [0.2, 0.25) is 5.78 Å². The van der Waals surface area contributed by atoms with Crippen molar-refractivity contribution in [2.45, 2.75) is 65.6 Å². The van der Waals surface area contributed by atoms with Gasteiger partial charge in [-0.2, -0.15) is 22.7 Å². The van der Waals surface area contributed by atoms with Crippen LogP contribution in [0.15, 0.2) is 41.2 Å². The normalized spacial score (nSPS) is 14.8. The van der Waals surface area contributed by atoms with Gasteiger partial charge in [0, 0.05) is 37.4 Å². The number of thiazole rings is 1. The van der Waals surface area contributed by atoms with Crippen molar-refractivity contribution in [1.29, 1.82) is 0 Å². The molecule has 1 saturated heterocycles. The number of halogens is 4. The molecule has 12 nitrogen and oxygen atoms in total. The molecule has 0 saturated carbocycles. The van der Waals surface area contributed by atoms with E-state index < -0.39 is 35.2 Å². The largest absolute Gasteiger partial charge is 0.444 e. The zero-order valence-electron chi connectivity index (χ0n) is 28.0. The maximum absolute atomic E-state index is 14.3. The molecule has 1 aliphatic rings. The average molecular weight is 733 g/mol.